The van der Waals surface area contributed by atoms with Crippen molar-refractivity contribution in [2.45, 2.75) is 56.3 Å². The maximum Gasteiger partial charge on any atom is 0.165 e. The van der Waals surface area contributed by atoms with Crippen LogP contribution in [0.4, 0.5) is 15.8 Å². The summed E-state index contributed by atoms with van der Waals surface area (Å²) in [5.41, 5.74) is 6.44. The third-order valence-corrected chi connectivity index (χ3v) is 7.91. The molecule has 1 atom stereocenters. The number of anilines is 2. The zero-order valence-corrected chi connectivity index (χ0v) is 19.9. The molecule has 1 aliphatic heterocycles. The molecule has 0 spiro atoms. The van der Waals surface area contributed by atoms with Gasteiger partial charge in [-0.1, -0.05) is 61.0 Å². The highest BCUT2D eigenvalue weighted by molar-refractivity contribution is 8.00. The van der Waals surface area contributed by atoms with Crippen LogP contribution < -0.4 is 10.6 Å². The number of benzene rings is 2. The van der Waals surface area contributed by atoms with Crippen molar-refractivity contribution in [3.05, 3.63) is 82.7 Å². The van der Waals surface area contributed by atoms with E-state index in [2.05, 4.69) is 42.7 Å². The molecule has 33 heavy (non-hydrogen) atoms. The Kier molecular flexibility index (Phi) is 6.15. The predicted molar refractivity (Wildman–Crippen MR) is 136 cm³/mol. The number of fused-ring (bicyclic) bond motifs is 1. The number of hydrogen-bond donors (Lipinski definition) is 2. The second kappa shape index (κ2) is 9.22. The van der Waals surface area contributed by atoms with E-state index in [9.17, 15) is 4.79 Å². The van der Waals surface area contributed by atoms with Crippen molar-refractivity contribution in [1.29, 1.82) is 0 Å². The maximum atomic E-state index is 15.0. The number of carbonyl (C=O) groups excluding carboxylic acids is 1. The summed E-state index contributed by atoms with van der Waals surface area (Å²) in [6.07, 6.45) is 12.9. The van der Waals surface area contributed by atoms with E-state index in [1.165, 1.54) is 16.0 Å². The minimum atomic E-state index is -0.285. The number of Topliss-reactive ketones (excluding diaryl/α,β-unsaturated/α-hetero) is 1. The zero-order chi connectivity index (χ0) is 22.9. The first-order valence-electron chi connectivity index (χ1n) is 11.7. The molecule has 3 nitrogen and oxygen atoms in total. The lowest BCUT2D eigenvalue weighted by molar-refractivity contribution is -0.118. The molecule has 1 unspecified atom stereocenters. The lowest BCUT2D eigenvalue weighted by Gasteiger charge is -2.15. The number of rotatable bonds is 5. The Labute approximate surface area is 199 Å². The van der Waals surface area contributed by atoms with Crippen molar-refractivity contribution in [2.75, 3.05) is 10.6 Å². The molecule has 170 valence electrons. The summed E-state index contributed by atoms with van der Waals surface area (Å²) in [4.78, 5) is 14.0. The van der Waals surface area contributed by atoms with E-state index in [4.69, 9.17) is 0 Å². The fourth-order valence-corrected chi connectivity index (χ4v) is 6.07. The number of allylic oxidation sites excluding steroid dienone is 6. The van der Waals surface area contributed by atoms with Crippen molar-refractivity contribution in [3.63, 3.8) is 0 Å². The molecule has 1 saturated carbocycles. The molecule has 0 bridgehead atoms. The number of ketones is 1. The van der Waals surface area contributed by atoms with Gasteiger partial charge in [0.15, 0.2) is 11.3 Å². The minimum Gasteiger partial charge on any atom is -0.356 e. The number of nitrogens with one attached hydrogen (secondary N) is 2. The van der Waals surface area contributed by atoms with Crippen LogP contribution >= 0.6 is 11.8 Å². The van der Waals surface area contributed by atoms with Crippen LogP contribution in [-0.2, 0) is 4.79 Å². The lowest BCUT2D eigenvalue weighted by Crippen LogP contribution is -2.21. The number of halogens is 1. The Morgan fingerprint density at radius 2 is 1.91 bits per heavy atom. The van der Waals surface area contributed by atoms with Gasteiger partial charge >= 0.3 is 0 Å². The molecule has 1 heterocycles. The quantitative estimate of drug-likeness (QED) is 0.488. The number of aryl methyl sites for hydroxylation is 2. The fraction of sp³-hybridized carbons (Fsp3) is 0.321. The normalized spacial score (nSPS) is 20.0. The standard InChI is InChI=1S/C28H29FN2OS/c1-17-14-18(2)27-25(15-17)31-28(33-27)30-24-13-12-22(16-23(24)29)19-8-5-9-21(11-10-19)26(32)20-6-3-4-7-20/h8-16,20,28,30-31H,3-7H2,1-2H3. The average Bonchev–Trinajstić information content (AvgIpc) is 3.39. The molecule has 5 heteroatoms. The number of carbonyl (C=O) groups is 1. The maximum absolute atomic E-state index is 15.0. The van der Waals surface area contributed by atoms with Gasteiger partial charge in [-0.05, 0) is 73.6 Å². The molecule has 0 radical (unpaired) electrons. The number of hydrogen-bond acceptors (Lipinski definition) is 4. The van der Waals surface area contributed by atoms with Gasteiger partial charge in [-0.2, -0.15) is 0 Å². The Morgan fingerprint density at radius 3 is 2.70 bits per heavy atom. The van der Waals surface area contributed by atoms with Crippen molar-refractivity contribution < 1.29 is 9.18 Å². The predicted octanol–water partition coefficient (Wildman–Crippen LogP) is 7.38. The van der Waals surface area contributed by atoms with Crippen LogP contribution in [-0.4, -0.2) is 11.3 Å². The molecule has 2 aromatic carbocycles. The summed E-state index contributed by atoms with van der Waals surface area (Å²) in [7, 11) is 0. The first-order valence-corrected chi connectivity index (χ1v) is 12.6. The van der Waals surface area contributed by atoms with Gasteiger partial charge in [0.2, 0.25) is 0 Å². The van der Waals surface area contributed by atoms with Crippen LogP contribution in [0.3, 0.4) is 0 Å². The molecule has 5 rings (SSSR count). The fourth-order valence-electron chi connectivity index (χ4n) is 4.97. The molecule has 2 aliphatic carbocycles. The second-order valence-electron chi connectivity index (χ2n) is 9.17. The summed E-state index contributed by atoms with van der Waals surface area (Å²) in [5, 5.41) is 6.72. The molecule has 1 fully saturated rings. The molecule has 2 N–H and O–H groups in total. The van der Waals surface area contributed by atoms with E-state index in [-0.39, 0.29) is 23.0 Å². The van der Waals surface area contributed by atoms with E-state index in [1.807, 2.05) is 24.3 Å². The molecule has 0 saturated heterocycles. The van der Waals surface area contributed by atoms with Gasteiger partial charge < -0.3 is 10.6 Å². The van der Waals surface area contributed by atoms with Gasteiger partial charge in [-0.15, -0.1) is 0 Å². The topological polar surface area (TPSA) is 41.1 Å². The van der Waals surface area contributed by atoms with E-state index < -0.39 is 0 Å². The Hall–Kier alpha value is -2.79. The van der Waals surface area contributed by atoms with Crippen LogP contribution in [0, 0.1) is 25.6 Å². The van der Waals surface area contributed by atoms with Crippen LogP contribution in [0.25, 0.3) is 5.57 Å². The van der Waals surface area contributed by atoms with Crippen LogP contribution in [0.15, 0.2) is 65.1 Å². The Morgan fingerprint density at radius 1 is 1.09 bits per heavy atom. The van der Waals surface area contributed by atoms with Gasteiger partial charge in [0, 0.05) is 16.4 Å². The highest BCUT2D eigenvalue weighted by atomic mass is 32.2. The van der Waals surface area contributed by atoms with Crippen LogP contribution in [0.1, 0.15) is 48.8 Å². The summed E-state index contributed by atoms with van der Waals surface area (Å²) < 4.78 is 15.0. The van der Waals surface area contributed by atoms with Gasteiger partial charge in [0.1, 0.15) is 5.82 Å². The van der Waals surface area contributed by atoms with E-state index in [0.29, 0.717) is 12.1 Å². The third kappa shape index (κ3) is 4.65. The van der Waals surface area contributed by atoms with Gasteiger partial charge in [-0.25, -0.2) is 4.39 Å². The van der Waals surface area contributed by atoms with Gasteiger partial charge in [0.05, 0.1) is 11.4 Å². The molecule has 3 aliphatic rings. The monoisotopic (exact) mass is 460 g/mol. The SMILES string of the molecule is Cc1cc(C)c2c(c1)NC(Nc1ccc(C3=CCC=C(C(=O)C4CCCC4)C=C3)cc1F)S2. The van der Waals surface area contributed by atoms with Gasteiger partial charge in [-0.3, -0.25) is 4.79 Å². The summed E-state index contributed by atoms with van der Waals surface area (Å²) in [6.45, 7) is 4.19. The molecular formula is C28H29FN2OS. The number of thioether (sulfide) groups is 1. The van der Waals surface area contributed by atoms with Crippen molar-refractivity contribution >= 4 is 34.5 Å². The van der Waals surface area contributed by atoms with Crippen LogP contribution in [0.2, 0.25) is 0 Å². The minimum absolute atomic E-state index is 0.119. The lowest BCUT2D eigenvalue weighted by atomic mass is 9.95. The van der Waals surface area contributed by atoms with Gasteiger partial charge in [0.25, 0.3) is 0 Å². The van der Waals surface area contributed by atoms with E-state index >= 15 is 4.39 Å². The second-order valence-corrected chi connectivity index (χ2v) is 10.3. The Bertz CT molecular complexity index is 1190. The first-order chi connectivity index (χ1) is 16.0. The molecule has 0 amide bonds. The largest absolute Gasteiger partial charge is 0.356 e. The molecular weight excluding hydrogens is 431 g/mol. The molecule has 2 aromatic rings. The third-order valence-electron chi connectivity index (χ3n) is 6.66. The summed E-state index contributed by atoms with van der Waals surface area (Å²) in [6, 6.07) is 9.60. The molecule has 0 aromatic heterocycles. The highest BCUT2D eigenvalue weighted by Crippen LogP contribution is 2.42. The van der Waals surface area contributed by atoms with Crippen LogP contribution in [0.5, 0.6) is 0 Å². The Balaban J connectivity index is 1.27. The average molecular weight is 461 g/mol. The highest BCUT2D eigenvalue weighted by Gasteiger charge is 2.25. The summed E-state index contributed by atoms with van der Waals surface area (Å²) >= 11 is 1.67. The first kappa shape index (κ1) is 22.0. The zero-order valence-electron chi connectivity index (χ0n) is 19.1. The summed E-state index contributed by atoms with van der Waals surface area (Å²) in [5.74, 6) is 0.149. The van der Waals surface area contributed by atoms with Crippen molar-refractivity contribution in [1.82, 2.24) is 0 Å². The van der Waals surface area contributed by atoms with Crippen molar-refractivity contribution in [3.8, 4) is 0 Å². The van der Waals surface area contributed by atoms with E-state index in [0.717, 1.165) is 48.1 Å². The van der Waals surface area contributed by atoms with Crippen molar-refractivity contribution in [2.24, 2.45) is 5.92 Å². The van der Waals surface area contributed by atoms with E-state index in [1.54, 1.807) is 23.9 Å². The smallest absolute Gasteiger partial charge is 0.165 e.